The summed E-state index contributed by atoms with van der Waals surface area (Å²) in [5, 5.41) is 18.2. The minimum atomic E-state index is -1.21. The Balaban J connectivity index is 3.17. The zero-order valence-corrected chi connectivity index (χ0v) is 9.53. The lowest BCUT2D eigenvalue weighted by Crippen LogP contribution is -2.32. The second-order valence-electron chi connectivity index (χ2n) is 3.70. The van der Waals surface area contributed by atoms with Crippen LogP contribution in [-0.4, -0.2) is 29.3 Å². The molecule has 1 rings (SSSR count). The molecule has 0 aromatic heterocycles. The van der Waals surface area contributed by atoms with E-state index in [2.05, 4.69) is 0 Å². The number of carboxylic acid groups (broad SMARTS) is 1. The predicted octanol–water partition coefficient (Wildman–Crippen LogP) is 0.803. The first-order valence-electron chi connectivity index (χ1n) is 4.91. The summed E-state index contributed by atoms with van der Waals surface area (Å²) in [5.74, 6) is -2.59. The number of methoxy groups -OCH3 is 1. The summed E-state index contributed by atoms with van der Waals surface area (Å²) in [6.45, 7) is 1.56. The van der Waals surface area contributed by atoms with Crippen LogP contribution in [-0.2, 0) is 11.2 Å². The fraction of sp³-hybridized carbons (Fsp3) is 0.364. The molecule has 94 valence electrons. The van der Waals surface area contributed by atoms with E-state index < -0.39 is 17.8 Å². The molecule has 6 heteroatoms. The standard InChI is InChI=1S/C11H14FNO4/c1-5-3-6(4-7(13)11(15)16)8(12)10(17-2)9(5)14/h3,7,14H,4,13H2,1-2H3,(H,15,16). The maximum Gasteiger partial charge on any atom is 0.320 e. The molecule has 1 aromatic carbocycles. The molecular weight excluding hydrogens is 229 g/mol. The van der Waals surface area contributed by atoms with Gasteiger partial charge in [0, 0.05) is 6.42 Å². The summed E-state index contributed by atoms with van der Waals surface area (Å²) < 4.78 is 18.5. The predicted molar refractivity (Wildman–Crippen MR) is 58.7 cm³/mol. The molecule has 5 nitrogen and oxygen atoms in total. The van der Waals surface area contributed by atoms with Crippen molar-refractivity contribution in [2.45, 2.75) is 19.4 Å². The minimum absolute atomic E-state index is 0.104. The monoisotopic (exact) mass is 243 g/mol. The summed E-state index contributed by atoms with van der Waals surface area (Å²) in [7, 11) is 1.22. The van der Waals surface area contributed by atoms with Gasteiger partial charge in [-0.15, -0.1) is 0 Å². The summed E-state index contributed by atoms with van der Waals surface area (Å²) in [6.07, 6.45) is -0.168. The number of ether oxygens (including phenoxy) is 1. The largest absolute Gasteiger partial charge is 0.504 e. The first-order chi connectivity index (χ1) is 7.88. The van der Waals surface area contributed by atoms with Crippen molar-refractivity contribution < 1.29 is 24.1 Å². The molecule has 0 aliphatic carbocycles. The molecule has 1 atom stereocenters. The molecule has 0 radical (unpaired) electrons. The smallest absolute Gasteiger partial charge is 0.320 e. The fourth-order valence-corrected chi connectivity index (χ4v) is 1.48. The Hall–Kier alpha value is -1.82. The van der Waals surface area contributed by atoms with Gasteiger partial charge < -0.3 is 20.7 Å². The Morgan fingerprint density at radius 2 is 2.24 bits per heavy atom. The molecule has 0 aliphatic heterocycles. The quantitative estimate of drug-likeness (QED) is 0.727. The van der Waals surface area contributed by atoms with E-state index in [0.717, 1.165) is 0 Å². The molecule has 17 heavy (non-hydrogen) atoms. The van der Waals surface area contributed by atoms with Crippen LogP contribution in [0.15, 0.2) is 6.07 Å². The molecule has 1 aromatic rings. The molecule has 0 saturated heterocycles. The van der Waals surface area contributed by atoms with E-state index in [1.54, 1.807) is 6.92 Å². The van der Waals surface area contributed by atoms with Gasteiger partial charge in [-0.05, 0) is 24.1 Å². The summed E-state index contributed by atoms with van der Waals surface area (Å²) in [6, 6.07) is 0.161. The van der Waals surface area contributed by atoms with Gasteiger partial charge in [0.1, 0.15) is 6.04 Å². The number of nitrogens with two attached hydrogens (primary N) is 1. The molecule has 1 unspecified atom stereocenters. The first kappa shape index (κ1) is 13.2. The Morgan fingerprint density at radius 1 is 1.65 bits per heavy atom. The number of hydrogen-bond acceptors (Lipinski definition) is 4. The Morgan fingerprint density at radius 3 is 2.71 bits per heavy atom. The van der Waals surface area contributed by atoms with Gasteiger partial charge in [0.05, 0.1) is 7.11 Å². The third kappa shape index (κ3) is 2.65. The normalized spacial score (nSPS) is 12.2. The van der Waals surface area contributed by atoms with Crippen LogP contribution in [0, 0.1) is 12.7 Å². The van der Waals surface area contributed by atoms with Gasteiger partial charge in [0.15, 0.2) is 17.3 Å². The second kappa shape index (κ2) is 5.01. The molecule has 0 bridgehead atoms. The number of benzene rings is 1. The van der Waals surface area contributed by atoms with Crippen LogP contribution in [0.4, 0.5) is 4.39 Å². The van der Waals surface area contributed by atoms with Crippen molar-refractivity contribution in [1.29, 1.82) is 0 Å². The van der Waals surface area contributed by atoms with Crippen molar-refractivity contribution in [1.82, 2.24) is 0 Å². The SMILES string of the molecule is COc1c(O)c(C)cc(CC(N)C(=O)O)c1F. The number of rotatable bonds is 4. The lowest BCUT2D eigenvalue weighted by atomic mass is 10.0. The molecule has 0 spiro atoms. The van der Waals surface area contributed by atoms with Gasteiger partial charge >= 0.3 is 5.97 Å². The second-order valence-corrected chi connectivity index (χ2v) is 3.70. The highest BCUT2D eigenvalue weighted by atomic mass is 19.1. The summed E-state index contributed by atoms with van der Waals surface area (Å²) in [4.78, 5) is 10.6. The van der Waals surface area contributed by atoms with Gasteiger partial charge in [-0.2, -0.15) is 0 Å². The number of phenols is 1. The van der Waals surface area contributed by atoms with Crippen molar-refractivity contribution in [3.05, 3.63) is 23.0 Å². The fourth-order valence-electron chi connectivity index (χ4n) is 1.48. The van der Waals surface area contributed by atoms with Crippen molar-refractivity contribution in [3.63, 3.8) is 0 Å². The summed E-state index contributed by atoms with van der Waals surface area (Å²) in [5.41, 5.74) is 5.83. The number of phenolic OH excluding ortho intramolecular Hbond substituents is 1. The number of halogens is 1. The number of hydrogen-bond donors (Lipinski definition) is 3. The molecule has 0 heterocycles. The van der Waals surface area contributed by atoms with Crippen molar-refractivity contribution >= 4 is 5.97 Å². The number of aromatic hydroxyl groups is 1. The van der Waals surface area contributed by atoms with Gasteiger partial charge in [-0.1, -0.05) is 0 Å². The Kier molecular flexibility index (Phi) is 3.90. The van der Waals surface area contributed by atoms with Crippen molar-refractivity contribution in [3.8, 4) is 11.5 Å². The summed E-state index contributed by atoms with van der Waals surface area (Å²) >= 11 is 0. The van der Waals surface area contributed by atoms with E-state index in [9.17, 15) is 14.3 Å². The number of aliphatic carboxylic acids is 1. The van der Waals surface area contributed by atoms with E-state index in [0.29, 0.717) is 5.56 Å². The first-order valence-corrected chi connectivity index (χ1v) is 4.91. The van der Waals surface area contributed by atoms with E-state index in [-0.39, 0.29) is 23.5 Å². The highest BCUT2D eigenvalue weighted by molar-refractivity contribution is 5.73. The van der Waals surface area contributed by atoms with Gasteiger partial charge in [0.25, 0.3) is 0 Å². The Labute approximate surface area is 97.6 Å². The van der Waals surface area contributed by atoms with Crippen LogP contribution < -0.4 is 10.5 Å². The molecule has 0 aliphatic rings. The van der Waals surface area contributed by atoms with Crippen LogP contribution in [0.1, 0.15) is 11.1 Å². The van der Waals surface area contributed by atoms with E-state index in [1.807, 2.05) is 0 Å². The third-order valence-electron chi connectivity index (χ3n) is 2.42. The maximum absolute atomic E-state index is 13.8. The molecule has 0 fully saturated rings. The lowest BCUT2D eigenvalue weighted by Gasteiger charge is -2.13. The maximum atomic E-state index is 13.8. The van der Waals surface area contributed by atoms with Crippen LogP contribution in [0.25, 0.3) is 0 Å². The highest BCUT2D eigenvalue weighted by Gasteiger charge is 2.20. The minimum Gasteiger partial charge on any atom is -0.504 e. The van der Waals surface area contributed by atoms with Gasteiger partial charge in [-0.3, -0.25) is 4.79 Å². The van der Waals surface area contributed by atoms with Crippen molar-refractivity contribution in [2.24, 2.45) is 5.73 Å². The molecule has 0 saturated carbocycles. The number of aryl methyl sites for hydroxylation is 1. The van der Waals surface area contributed by atoms with Crippen LogP contribution in [0.2, 0.25) is 0 Å². The average Bonchev–Trinajstić information content (AvgIpc) is 2.26. The van der Waals surface area contributed by atoms with Crippen LogP contribution in [0.3, 0.4) is 0 Å². The molecule has 0 amide bonds. The average molecular weight is 243 g/mol. The number of carbonyl (C=O) groups is 1. The third-order valence-corrected chi connectivity index (χ3v) is 2.42. The van der Waals surface area contributed by atoms with Gasteiger partial charge in [0.2, 0.25) is 0 Å². The van der Waals surface area contributed by atoms with Gasteiger partial charge in [-0.25, -0.2) is 4.39 Å². The zero-order valence-electron chi connectivity index (χ0n) is 9.53. The lowest BCUT2D eigenvalue weighted by molar-refractivity contribution is -0.138. The van der Waals surface area contributed by atoms with E-state index >= 15 is 0 Å². The van der Waals surface area contributed by atoms with E-state index in [4.69, 9.17) is 15.6 Å². The Bertz CT molecular complexity index is 448. The van der Waals surface area contributed by atoms with Crippen LogP contribution in [0.5, 0.6) is 11.5 Å². The highest BCUT2D eigenvalue weighted by Crippen LogP contribution is 2.34. The number of carboxylic acids is 1. The zero-order chi connectivity index (χ0) is 13.2. The van der Waals surface area contributed by atoms with E-state index in [1.165, 1.54) is 13.2 Å². The molecule has 4 N–H and O–H groups in total. The van der Waals surface area contributed by atoms with Crippen molar-refractivity contribution in [2.75, 3.05) is 7.11 Å². The molecular formula is C11H14FNO4. The van der Waals surface area contributed by atoms with Crippen LogP contribution >= 0.6 is 0 Å². The topological polar surface area (TPSA) is 92.8 Å².